The number of azo groups is 1. The molecule has 57 heavy (non-hydrogen) atoms. The van der Waals surface area contributed by atoms with Crippen LogP contribution in [0.25, 0.3) is 21.5 Å². The Labute approximate surface area is 329 Å². The molecule has 0 aliphatic carbocycles. The summed E-state index contributed by atoms with van der Waals surface area (Å²) in [5, 5.41) is 64.6. The third-order valence-electron chi connectivity index (χ3n) is 7.53. The number of nitrogens with one attached hydrogen (secondary N) is 3. The molecule has 0 amide bonds. The van der Waals surface area contributed by atoms with Gasteiger partial charge in [-0.3, -0.25) is 9.11 Å². The number of anilines is 4. The lowest BCUT2D eigenvalue weighted by Gasteiger charge is -2.15. The molecule has 6 rings (SSSR count). The van der Waals surface area contributed by atoms with Crippen molar-refractivity contribution in [3.63, 3.8) is 0 Å². The van der Waals surface area contributed by atoms with Crippen molar-refractivity contribution in [1.29, 1.82) is 5.52 Å². The predicted molar refractivity (Wildman–Crippen MR) is 199 cm³/mol. The minimum absolute atomic E-state index is 0.0372. The second-order valence-electron chi connectivity index (χ2n) is 11.1. The van der Waals surface area contributed by atoms with Gasteiger partial charge in [-0.25, -0.2) is 16.0 Å². The van der Waals surface area contributed by atoms with E-state index in [2.05, 4.69) is 65.2 Å². The zero-order valence-corrected chi connectivity index (χ0v) is 31.3. The first-order valence-corrected chi connectivity index (χ1v) is 19.5. The number of aromatic nitrogens is 3. The molecule has 0 unspecified atom stereocenters. The van der Waals surface area contributed by atoms with Gasteiger partial charge in [-0.2, -0.15) is 36.9 Å². The van der Waals surface area contributed by atoms with E-state index in [4.69, 9.17) is 11.9 Å². The largest absolute Gasteiger partial charge is 0.505 e. The molecule has 9 N–H and O–H groups in total. The van der Waals surface area contributed by atoms with Crippen molar-refractivity contribution in [2.75, 3.05) is 10.6 Å². The molecule has 0 saturated heterocycles. The van der Waals surface area contributed by atoms with E-state index in [0.29, 0.717) is 34.9 Å². The van der Waals surface area contributed by atoms with Crippen LogP contribution in [0.15, 0.2) is 102 Å². The molecule has 0 aliphatic heterocycles. The number of phenolic OH excluding ortho intramolecular Hbond substituents is 2. The van der Waals surface area contributed by atoms with E-state index < -0.39 is 41.5 Å². The van der Waals surface area contributed by atoms with Crippen LogP contribution in [0, 0.1) is 12.4 Å². The number of aromatic hydroxyl groups is 2. The van der Waals surface area contributed by atoms with Crippen molar-refractivity contribution in [2.45, 2.75) is 26.5 Å². The lowest BCUT2D eigenvalue weighted by molar-refractivity contribution is -0.432. The first-order valence-electron chi connectivity index (χ1n) is 15.6. The van der Waals surface area contributed by atoms with Crippen LogP contribution in [0.1, 0.15) is 5.82 Å². The normalized spacial score (nSPS) is 12.5. The van der Waals surface area contributed by atoms with Gasteiger partial charge in [-0.1, -0.05) is 34.3 Å². The van der Waals surface area contributed by atoms with Gasteiger partial charge in [0.25, 0.3) is 20.2 Å². The van der Waals surface area contributed by atoms with Crippen molar-refractivity contribution < 1.29 is 66.8 Å². The number of rotatable bonds is 15. The highest BCUT2D eigenvalue weighted by atomic mass is 32.2. The van der Waals surface area contributed by atoms with Gasteiger partial charge in [-0.05, 0) is 60.2 Å². The van der Waals surface area contributed by atoms with Crippen molar-refractivity contribution in [2.24, 2.45) is 15.3 Å². The summed E-state index contributed by atoms with van der Waals surface area (Å²) < 4.78 is 85.1. The van der Waals surface area contributed by atoms with Crippen LogP contribution in [0.3, 0.4) is 0 Å². The zero-order chi connectivity index (χ0) is 41.8. The molecule has 0 atom stereocenters. The number of hydrogen-bond donors (Lipinski definition) is 9. The lowest BCUT2D eigenvalue weighted by Crippen LogP contribution is -2.07. The molecular formula is C30H23N9O14S4. The Balaban J connectivity index is 1.40. The average Bonchev–Trinajstić information content (AvgIpc) is 3.16. The standard InChI is InChI=1S/C30H23N9O14S4/c1-13-32-29(36-30(33-13)35-20-12-17(56(44,45)46)8-15-10-21(54-52-50-42)25(37-31)28(41)24(15)20)34-16-6-7-23(57(47,48)49)19(11-16)38-39-26-22(55-53-51-43)9-14-4-2-3-5-18(14)27(26)40/h2-12,31,40-43H,1H3,(H,44,45,46)(H,47,48,49)(H2,32,33,34,35,36)/i/hD. The van der Waals surface area contributed by atoms with Crippen molar-refractivity contribution in [3.8, 4) is 11.5 Å². The molecule has 0 aliphatic rings. The molecule has 27 heteroatoms. The van der Waals surface area contributed by atoms with Crippen LogP contribution in [0.5, 0.6) is 11.5 Å². The third-order valence-corrected chi connectivity index (χ3v) is 10.5. The van der Waals surface area contributed by atoms with Crippen molar-refractivity contribution in [1.82, 2.24) is 15.0 Å². The first kappa shape index (κ1) is 39.5. The van der Waals surface area contributed by atoms with E-state index >= 15 is 0 Å². The molecule has 0 spiro atoms. The monoisotopic (exact) mass is 862 g/mol. The number of hydrogen-bond acceptors (Lipinski definition) is 23. The van der Waals surface area contributed by atoms with Gasteiger partial charge < -0.3 is 20.8 Å². The molecular weight excluding hydrogens is 839 g/mol. The Morgan fingerprint density at radius 1 is 0.772 bits per heavy atom. The fraction of sp³-hybridized carbons (Fsp3) is 0.0333. The molecule has 0 fully saturated rings. The Kier molecular flexibility index (Phi) is 11.7. The fourth-order valence-electron chi connectivity index (χ4n) is 5.26. The highest BCUT2D eigenvalue weighted by Crippen LogP contribution is 2.47. The van der Waals surface area contributed by atoms with Crippen LogP contribution in [0.2, 0.25) is 1.41 Å². The topological polar surface area (TPSA) is 350 Å². The molecule has 1 heterocycles. The first-order chi connectivity index (χ1) is 27.6. The smallest absolute Gasteiger partial charge is 0.296 e. The highest BCUT2D eigenvalue weighted by Gasteiger charge is 2.23. The zero-order valence-electron chi connectivity index (χ0n) is 29.1. The van der Waals surface area contributed by atoms with Gasteiger partial charge in [0.15, 0.2) is 11.5 Å². The van der Waals surface area contributed by atoms with Crippen molar-refractivity contribution >= 4 is 106 Å². The van der Waals surface area contributed by atoms with Crippen LogP contribution < -0.4 is 10.6 Å². The SMILES string of the molecule is [2H]N=Nc1c(SOOO)cc2cc(S(=O)(=O)O)cc(Nc3nc(C)nc(Nc4ccc(S(=O)(=O)O)c(N=Nc5c(SOOO)cc6ccccc6c5O)c4)n3)c2c1O. The van der Waals surface area contributed by atoms with E-state index in [1.54, 1.807) is 24.3 Å². The van der Waals surface area contributed by atoms with Crippen LogP contribution in [-0.2, 0) is 39.0 Å². The summed E-state index contributed by atoms with van der Waals surface area (Å²) in [5.41, 5.74) is 1.77. The number of benzene rings is 5. The summed E-state index contributed by atoms with van der Waals surface area (Å²) in [6.45, 7) is 1.46. The Morgan fingerprint density at radius 2 is 1.44 bits per heavy atom. The molecule has 6 aromatic rings. The maximum absolute atomic E-state index is 12.3. The van der Waals surface area contributed by atoms with Gasteiger partial charge in [0.2, 0.25) is 13.3 Å². The molecule has 0 bridgehead atoms. The van der Waals surface area contributed by atoms with Gasteiger partial charge in [0.05, 0.1) is 44.5 Å². The third kappa shape index (κ3) is 9.15. The summed E-state index contributed by atoms with van der Waals surface area (Å²) in [6.07, 6.45) is 0. The Bertz CT molecular complexity index is 2860. The maximum atomic E-state index is 12.3. The van der Waals surface area contributed by atoms with E-state index in [9.17, 15) is 36.2 Å². The quantitative estimate of drug-likeness (QED) is 0.0156. The van der Waals surface area contributed by atoms with E-state index in [1.807, 2.05) is 0 Å². The number of nitrogens with zero attached hydrogens (tertiary/aromatic N) is 6. The Morgan fingerprint density at radius 3 is 2.11 bits per heavy atom. The summed E-state index contributed by atoms with van der Waals surface area (Å²) in [7, 11) is -9.77. The van der Waals surface area contributed by atoms with Crippen LogP contribution in [-0.4, -0.2) is 61.6 Å². The minimum atomic E-state index is -4.90. The molecule has 296 valence electrons. The van der Waals surface area contributed by atoms with Gasteiger partial charge in [-0.15, -0.1) is 18.9 Å². The molecule has 0 radical (unpaired) electrons. The number of aryl methyl sites for hydroxylation is 1. The van der Waals surface area contributed by atoms with E-state index in [-0.39, 0.29) is 66.8 Å². The summed E-state index contributed by atoms with van der Waals surface area (Å²) in [6, 6.07) is 14.6. The van der Waals surface area contributed by atoms with Crippen LogP contribution >= 0.6 is 24.1 Å². The van der Waals surface area contributed by atoms with Gasteiger partial charge in [0.1, 0.15) is 27.8 Å². The number of phenols is 2. The molecule has 23 nitrogen and oxygen atoms in total. The Hall–Kier alpha value is -5.69. The second kappa shape index (κ2) is 16.8. The highest BCUT2D eigenvalue weighted by molar-refractivity contribution is 7.95. The minimum Gasteiger partial charge on any atom is -0.505 e. The van der Waals surface area contributed by atoms with E-state index in [1.165, 1.54) is 25.1 Å². The lowest BCUT2D eigenvalue weighted by atomic mass is 10.1. The summed E-state index contributed by atoms with van der Waals surface area (Å²) in [5.74, 6) is -1.43. The van der Waals surface area contributed by atoms with Crippen LogP contribution in [0.4, 0.5) is 40.3 Å². The molecule has 5 aromatic carbocycles. The van der Waals surface area contributed by atoms with E-state index in [0.717, 1.165) is 24.3 Å². The average molecular weight is 863 g/mol. The fourth-order valence-corrected chi connectivity index (χ4v) is 7.40. The van der Waals surface area contributed by atoms with Gasteiger partial charge >= 0.3 is 0 Å². The maximum Gasteiger partial charge on any atom is 0.296 e. The number of fused-ring (bicyclic) bond motifs is 2. The summed E-state index contributed by atoms with van der Waals surface area (Å²) >= 11 is 0.773. The second-order valence-corrected chi connectivity index (χ2v) is 15.4. The predicted octanol–water partition coefficient (Wildman–Crippen LogP) is 7.81. The van der Waals surface area contributed by atoms with Crippen molar-refractivity contribution in [3.05, 3.63) is 72.6 Å². The molecule has 0 saturated carbocycles. The van der Waals surface area contributed by atoms with Gasteiger partial charge in [0, 0.05) is 16.5 Å². The molecule has 1 aromatic heterocycles. The summed E-state index contributed by atoms with van der Waals surface area (Å²) in [4.78, 5) is 11.3.